The Bertz CT molecular complexity index is 156. The van der Waals surface area contributed by atoms with Crippen molar-refractivity contribution in [3.8, 4) is 0 Å². The van der Waals surface area contributed by atoms with Gasteiger partial charge in [0.25, 0.3) is 0 Å². The second kappa shape index (κ2) is 2.21. The molecule has 0 spiro atoms. The van der Waals surface area contributed by atoms with Crippen molar-refractivity contribution in [1.82, 2.24) is 4.90 Å². The third-order valence-electron chi connectivity index (χ3n) is 1.81. The van der Waals surface area contributed by atoms with E-state index in [-0.39, 0.29) is 6.03 Å². The van der Waals surface area contributed by atoms with Crippen LogP contribution in [0.25, 0.3) is 0 Å². The first-order chi connectivity index (χ1) is 4.54. The number of hydroxylamine groups is 3. The van der Waals surface area contributed by atoms with E-state index in [0.29, 0.717) is 6.54 Å². The van der Waals surface area contributed by atoms with Crippen LogP contribution in [0.4, 0.5) is 4.79 Å². The zero-order chi connectivity index (χ0) is 7.78. The molecule has 0 radical (unpaired) electrons. The highest BCUT2D eigenvalue weighted by molar-refractivity contribution is 5.67. The molecule has 1 aliphatic rings. The Morgan fingerprint density at radius 3 is 2.70 bits per heavy atom. The van der Waals surface area contributed by atoms with E-state index in [1.54, 1.807) is 7.05 Å². The van der Waals surface area contributed by atoms with Gasteiger partial charge < -0.3 is 5.21 Å². The summed E-state index contributed by atoms with van der Waals surface area (Å²) in [4.78, 5) is 12.5. The molecule has 1 saturated heterocycles. The molecule has 0 aromatic heterocycles. The lowest BCUT2D eigenvalue weighted by Crippen LogP contribution is -2.55. The van der Waals surface area contributed by atoms with Crippen LogP contribution in [0.15, 0.2) is 0 Å². The summed E-state index contributed by atoms with van der Waals surface area (Å²) in [6.45, 7) is 1.14. The van der Waals surface area contributed by atoms with E-state index in [4.69, 9.17) is 0 Å². The Balaban J connectivity index is 2.70. The highest BCUT2D eigenvalue weighted by Crippen LogP contribution is 2.12. The van der Waals surface area contributed by atoms with Crippen molar-refractivity contribution >= 4 is 6.03 Å². The quantitative estimate of drug-likeness (QED) is 0.364. The highest BCUT2D eigenvalue weighted by Gasteiger charge is 2.30. The molecule has 4 heteroatoms. The minimum atomic E-state index is -0.740. The van der Waals surface area contributed by atoms with E-state index in [0.717, 1.165) is 13.0 Å². The van der Waals surface area contributed by atoms with Crippen LogP contribution in [-0.4, -0.2) is 42.8 Å². The zero-order valence-electron chi connectivity index (χ0n) is 6.33. The fourth-order valence-corrected chi connectivity index (χ4v) is 1.16. The Hall–Kier alpha value is -0.610. The minimum absolute atomic E-state index is 0.328. The van der Waals surface area contributed by atoms with E-state index in [1.165, 1.54) is 11.9 Å². The molecule has 0 aliphatic carbocycles. The lowest BCUT2D eigenvalue weighted by molar-refractivity contribution is -0.785. The molecule has 0 aromatic carbocycles. The number of nitrogens with zero attached hydrogens (tertiary/aromatic N) is 2. The molecule has 1 unspecified atom stereocenters. The van der Waals surface area contributed by atoms with Crippen molar-refractivity contribution in [2.45, 2.75) is 6.42 Å². The fourth-order valence-electron chi connectivity index (χ4n) is 1.16. The van der Waals surface area contributed by atoms with Crippen molar-refractivity contribution in [3.63, 3.8) is 0 Å². The van der Waals surface area contributed by atoms with E-state index in [2.05, 4.69) is 0 Å². The van der Waals surface area contributed by atoms with Gasteiger partial charge in [-0.15, -0.1) is 0 Å². The van der Waals surface area contributed by atoms with E-state index in [9.17, 15) is 10.0 Å². The van der Waals surface area contributed by atoms with Crippen LogP contribution in [0, 0.1) is 5.21 Å². The van der Waals surface area contributed by atoms with Gasteiger partial charge in [0.15, 0.2) is 0 Å². The van der Waals surface area contributed by atoms with Crippen molar-refractivity contribution in [2.75, 3.05) is 27.2 Å². The molecule has 0 aromatic rings. The normalized spacial score (nSPS) is 34.7. The molecule has 1 fully saturated rings. The first-order valence-corrected chi connectivity index (χ1v) is 3.36. The zero-order valence-corrected chi connectivity index (χ0v) is 6.33. The number of carbonyl (C=O) groups excluding carboxylic acids is 1. The van der Waals surface area contributed by atoms with Crippen molar-refractivity contribution in [3.05, 3.63) is 5.21 Å². The predicted molar refractivity (Wildman–Crippen MR) is 37.1 cm³/mol. The summed E-state index contributed by atoms with van der Waals surface area (Å²) in [5.41, 5.74) is 0. The molecule has 10 heavy (non-hydrogen) atoms. The standard InChI is InChI=1S/C6H12N2O2/c1-7-4-3-5-8(2,10)6(7)9/h3-5H2,1-2H3. The fraction of sp³-hybridized carbons (Fsp3) is 0.833. The molecule has 1 heterocycles. The van der Waals surface area contributed by atoms with Crippen molar-refractivity contribution in [2.24, 2.45) is 0 Å². The van der Waals surface area contributed by atoms with Crippen LogP contribution in [0.2, 0.25) is 0 Å². The number of quaternary nitrogens is 1. The lowest BCUT2D eigenvalue weighted by atomic mass is 10.3. The number of rotatable bonds is 0. The molecule has 2 amide bonds. The van der Waals surface area contributed by atoms with Crippen LogP contribution < -0.4 is 0 Å². The number of carbonyl (C=O) groups is 1. The largest absolute Gasteiger partial charge is 0.624 e. The summed E-state index contributed by atoms with van der Waals surface area (Å²) >= 11 is 0. The Morgan fingerprint density at radius 2 is 2.30 bits per heavy atom. The molecule has 0 saturated carbocycles. The van der Waals surface area contributed by atoms with Gasteiger partial charge in [0, 0.05) is 20.0 Å². The molecular formula is C6H12N2O2. The molecular weight excluding hydrogens is 132 g/mol. The first kappa shape index (κ1) is 7.50. The van der Waals surface area contributed by atoms with E-state index >= 15 is 0 Å². The van der Waals surface area contributed by atoms with Crippen LogP contribution in [0.3, 0.4) is 0 Å². The van der Waals surface area contributed by atoms with Gasteiger partial charge in [-0.05, 0) is 0 Å². The summed E-state index contributed by atoms with van der Waals surface area (Å²) in [6.07, 6.45) is 0.808. The molecule has 1 rings (SSSR count). The molecule has 1 atom stereocenters. The topological polar surface area (TPSA) is 43.4 Å². The van der Waals surface area contributed by atoms with Gasteiger partial charge in [-0.1, -0.05) is 0 Å². The molecule has 0 bridgehead atoms. The van der Waals surface area contributed by atoms with Gasteiger partial charge in [-0.3, -0.25) is 9.55 Å². The number of urea groups is 1. The van der Waals surface area contributed by atoms with Gasteiger partial charge in [0.2, 0.25) is 0 Å². The van der Waals surface area contributed by atoms with Crippen LogP contribution >= 0.6 is 0 Å². The second-order valence-corrected chi connectivity index (χ2v) is 2.88. The summed E-state index contributed by atoms with van der Waals surface area (Å²) < 4.78 is -0.740. The van der Waals surface area contributed by atoms with Crippen LogP contribution in [-0.2, 0) is 0 Å². The maximum absolute atomic E-state index is 11.2. The maximum atomic E-state index is 11.2. The summed E-state index contributed by atoms with van der Waals surface area (Å²) in [7, 11) is 3.06. The highest BCUT2D eigenvalue weighted by atomic mass is 16.6. The van der Waals surface area contributed by atoms with E-state index < -0.39 is 4.65 Å². The smallest absolute Gasteiger partial charge is 0.418 e. The van der Waals surface area contributed by atoms with Crippen LogP contribution in [0.1, 0.15) is 6.42 Å². The van der Waals surface area contributed by atoms with Gasteiger partial charge >= 0.3 is 6.03 Å². The monoisotopic (exact) mass is 144 g/mol. The molecule has 1 aliphatic heterocycles. The number of hydrogen-bond donors (Lipinski definition) is 0. The lowest BCUT2D eigenvalue weighted by Gasteiger charge is -2.41. The maximum Gasteiger partial charge on any atom is 0.418 e. The molecule has 0 N–H and O–H groups in total. The Labute approximate surface area is 60.2 Å². The number of amides is 2. The SMILES string of the molecule is CN1CCC[N+](C)([O-])C1=O. The average Bonchev–Trinajstić information content (AvgIpc) is 1.83. The summed E-state index contributed by atoms with van der Waals surface area (Å²) in [5.74, 6) is 0. The van der Waals surface area contributed by atoms with Gasteiger partial charge in [-0.2, -0.15) is 0 Å². The Morgan fingerprint density at radius 1 is 1.70 bits per heavy atom. The predicted octanol–water partition coefficient (Wildman–Crippen LogP) is 0.386. The minimum Gasteiger partial charge on any atom is -0.624 e. The van der Waals surface area contributed by atoms with Gasteiger partial charge in [0.05, 0.1) is 13.6 Å². The second-order valence-electron chi connectivity index (χ2n) is 2.88. The number of hydrogen-bond acceptors (Lipinski definition) is 2. The first-order valence-electron chi connectivity index (χ1n) is 3.36. The van der Waals surface area contributed by atoms with E-state index in [1.807, 2.05) is 0 Å². The van der Waals surface area contributed by atoms with Crippen molar-refractivity contribution < 1.29 is 9.44 Å². The third kappa shape index (κ3) is 1.12. The third-order valence-corrected chi connectivity index (χ3v) is 1.81. The average molecular weight is 144 g/mol. The summed E-state index contributed by atoms with van der Waals surface area (Å²) in [5, 5.41) is 11.2. The molecule has 58 valence electrons. The summed E-state index contributed by atoms with van der Waals surface area (Å²) in [6, 6.07) is -0.328. The van der Waals surface area contributed by atoms with Gasteiger partial charge in [-0.25, -0.2) is 4.79 Å². The van der Waals surface area contributed by atoms with Gasteiger partial charge in [0.1, 0.15) is 0 Å². The van der Waals surface area contributed by atoms with Crippen molar-refractivity contribution in [1.29, 1.82) is 0 Å². The Kier molecular flexibility index (Phi) is 1.66. The van der Waals surface area contributed by atoms with Crippen LogP contribution in [0.5, 0.6) is 0 Å². The molecule has 4 nitrogen and oxygen atoms in total.